The number of hydrogen-bond donors (Lipinski definition) is 2. The number of halogens is 2. The molecule has 5 heteroatoms. The molecule has 0 aliphatic rings. The van der Waals surface area contributed by atoms with E-state index < -0.39 is 0 Å². The molecule has 0 unspecified atom stereocenters. The standard InChI is InChI=1S/C7H13N3.2ClH/c8-4-2-1-3-7-5-9-6-10-7;;/h5-6H,1-4,8H2,(H,9,10);2*1H. The van der Waals surface area contributed by atoms with E-state index in [1.165, 1.54) is 5.69 Å². The molecule has 3 nitrogen and oxygen atoms in total. The van der Waals surface area contributed by atoms with Crippen molar-refractivity contribution in [2.75, 3.05) is 6.54 Å². The van der Waals surface area contributed by atoms with Gasteiger partial charge < -0.3 is 10.7 Å². The van der Waals surface area contributed by atoms with Gasteiger partial charge in [0.05, 0.1) is 6.33 Å². The Bertz CT molecular complexity index is 165. The van der Waals surface area contributed by atoms with Gasteiger partial charge in [-0.3, -0.25) is 0 Å². The quantitative estimate of drug-likeness (QED) is 0.743. The third-order valence-electron chi connectivity index (χ3n) is 1.46. The van der Waals surface area contributed by atoms with Crippen LogP contribution in [0.15, 0.2) is 12.5 Å². The zero-order valence-electron chi connectivity index (χ0n) is 6.82. The normalized spacial score (nSPS) is 8.42. The number of imidazole rings is 1. The van der Waals surface area contributed by atoms with Crippen molar-refractivity contribution in [3.63, 3.8) is 0 Å². The highest BCUT2D eigenvalue weighted by atomic mass is 35.5. The fraction of sp³-hybridized carbons (Fsp3) is 0.571. The maximum atomic E-state index is 5.34. The van der Waals surface area contributed by atoms with Crippen LogP contribution in [0.1, 0.15) is 18.5 Å². The van der Waals surface area contributed by atoms with Crippen LogP contribution in [0.3, 0.4) is 0 Å². The zero-order chi connectivity index (χ0) is 7.23. The molecule has 1 heterocycles. The summed E-state index contributed by atoms with van der Waals surface area (Å²) in [5.41, 5.74) is 6.54. The first-order valence-electron chi connectivity index (χ1n) is 3.61. The lowest BCUT2D eigenvalue weighted by Gasteiger charge is -1.93. The Morgan fingerprint density at radius 2 is 2.08 bits per heavy atom. The summed E-state index contributed by atoms with van der Waals surface area (Å²) >= 11 is 0. The van der Waals surface area contributed by atoms with Crippen molar-refractivity contribution in [2.24, 2.45) is 5.73 Å². The molecule has 1 aromatic heterocycles. The number of aryl methyl sites for hydroxylation is 1. The fourth-order valence-corrected chi connectivity index (χ4v) is 0.881. The van der Waals surface area contributed by atoms with Crippen LogP contribution in [0.2, 0.25) is 0 Å². The molecule has 0 spiro atoms. The third-order valence-corrected chi connectivity index (χ3v) is 1.46. The van der Waals surface area contributed by atoms with E-state index in [1.54, 1.807) is 6.33 Å². The van der Waals surface area contributed by atoms with Crippen molar-refractivity contribution in [2.45, 2.75) is 19.3 Å². The summed E-state index contributed by atoms with van der Waals surface area (Å²) in [5, 5.41) is 0. The molecule has 0 aliphatic heterocycles. The second-order valence-electron chi connectivity index (χ2n) is 2.32. The number of aromatic amines is 1. The van der Waals surface area contributed by atoms with Crippen LogP contribution in [0.5, 0.6) is 0 Å². The lowest BCUT2D eigenvalue weighted by Crippen LogP contribution is -1.98. The van der Waals surface area contributed by atoms with Crippen molar-refractivity contribution in [3.8, 4) is 0 Å². The summed E-state index contributed by atoms with van der Waals surface area (Å²) in [4.78, 5) is 6.96. The Hall–Kier alpha value is -0.250. The number of H-pyrrole nitrogens is 1. The van der Waals surface area contributed by atoms with Gasteiger partial charge in [0.2, 0.25) is 0 Å². The van der Waals surface area contributed by atoms with E-state index in [9.17, 15) is 0 Å². The summed E-state index contributed by atoms with van der Waals surface area (Å²) in [6, 6.07) is 0. The van der Waals surface area contributed by atoms with Crippen molar-refractivity contribution < 1.29 is 0 Å². The van der Waals surface area contributed by atoms with Crippen molar-refractivity contribution in [1.29, 1.82) is 0 Å². The minimum Gasteiger partial charge on any atom is -0.348 e. The number of nitrogens with one attached hydrogen (secondary N) is 1. The summed E-state index contributed by atoms with van der Waals surface area (Å²) < 4.78 is 0. The van der Waals surface area contributed by atoms with Crippen molar-refractivity contribution in [3.05, 3.63) is 18.2 Å². The largest absolute Gasteiger partial charge is 0.348 e. The molecule has 0 saturated carbocycles. The van der Waals surface area contributed by atoms with Crippen LogP contribution in [0.25, 0.3) is 0 Å². The van der Waals surface area contributed by atoms with E-state index in [2.05, 4.69) is 9.97 Å². The smallest absolute Gasteiger partial charge is 0.0921 e. The maximum Gasteiger partial charge on any atom is 0.0921 e. The van der Waals surface area contributed by atoms with E-state index in [0.29, 0.717) is 0 Å². The van der Waals surface area contributed by atoms with Gasteiger partial charge in [-0.1, -0.05) is 0 Å². The lowest BCUT2D eigenvalue weighted by molar-refractivity contribution is 0.735. The number of rotatable bonds is 4. The SMILES string of the molecule is Cl.Cl.NCCCCc1cnc[nH]1. The molecule has 0 radical (unpaired) electrons. The van der Waals surface area contributed by atoms with E-state index in [0.717, 1.165) is 25.8 Å². The lowest BCUT2D eigenvalue weighted by atomic mass is 10.2. The average Bonchev–Trinajstić information content (AvgIpc) is 2.41. The molecule has 1 aromatic rings. The Morgan fingerprint density at radius 1 is 1.33 bits per heavy atom. The first kappa shape index (κ1) is 14.3. The molecule has 0 fully saturated rings. The Labute approximate surface area is 85.0 Å². The topological polar surface area (TPSA) is 54.7 Å². The van der Waals surface area contributed by atoms with Crippen molar-refractivity contribution in [1.82, 2.24) is 9.97 Å². The molecule has 0 atom stereocenters. The van der Waals surface area contributed by atoms with Gasteiger partial charge in [-0.25, -0.2) is 4.98 Å². The number of aromatic nitrogens is 2. The van der Waals surface area contributed by atoms with Crippen LogP contribution in [0.4, 0.5) is 0 Å². The molecular weight excluding hydrogens is 197 g/mol. The minimum absolute atomic E-state index is 0. The number of unbranched alkanes of at least 4 members (excludes halogenated alkanes) is 1. The Balaban J connectivity index is 0. The summed E-state index contributed by atoms with van der Waals surface area (Å²) in [6.07, 6.45) is 6.88. The van der Waals surface area contributed by atoms with Crippen molar-refractivity contribution >= 4 is 24.8 Å². The Kier molecular flexibility index (Phi) is 10.5. The highest BCUT2D eigenvalue weighted by Crippen LogP contribution is 1.98. The first-order valence-corrected chi connectivity index (χ1v) is 3.61. The summed E-state index contributed by atoms with van der Waals surface area (Å²) in [5.74, 6) is 0. The van der Waals surface area contributed by atoms with E-state index in [1.807, 2.05) is 6.20 Å². The molecule has 0 aliphatic carbocycles. The molecule has 0 bridgehead atoms. The van der Waals surface area contributed by atoms with Gasteiger partial charge >= 0.3 is 0 Å². The predicted octanol–water partition coefficient (Wildman–Crippen LogP) is 1.53. The fourth-order valence-electron chi connectivity index (χ4n) is 0.881. The number of hydrogen-bond acceptors (Lipinski definition) is 2. The van der Waals surface area contributed by atoms with E-state index in [4.69, 9.17) is 5.73 Å². The second kappa shape index (κ2) is 8.84. The summed E-state index contributed by atoms with van der Waals surface area (Å²) in [6.45, 7) is 0.786. The summed E-state index contributed by atoms with van der Waals surface area (Å²) in [7, 11) is 0. The molecule has 0 aromatic carbocycles. The third kappa shape index (κ3) is 5.41. The van der Waals surface area contributed by atoms with E-state index >= 15 is 0 Å². The zero-order valence-corrected chi connectivity index (χ0v) is 8.46. The van der Waals surface area contributed by atoms with Gasteiger partial charge in [0.25, 0.3) is 0 Å². The molecule has 1 rings (SSSR count). The highest BCUT2D eigenvalue weighted by molar-refractivity contribution is 5.85. The average molecular weight is 212 g/mol. The monoisotopic (exact) mass is 211 g/mol. The van der Waals surface area contributed by atoms with Gasteiger partial charge in [-0.05, 0) is 25.8 Å². The molecule has 0 saturated heterocycles. The first-order chi connectivity index (χ1) is 4.93. The predicted molar refractivity (Wildman–Crippen MR) is 55.1 cm³/mol. The van der Waals surface area contributed by atoms with Gasteiger partial charge in [0.1, 0.15) is 0 Å². The molecule has 3 N–H and O–H groups in total. The molecule has 0 amide bonds. The molecule has 12 heavy (non-hydrogen) atoms. The maximum absolute atomic E-state index is 5.34. The number of nitrogens with zero attached hydrogens (tertiary/aromatic N) is 1. The van der Waals surface area contributed by atoms with Gasteiger partial charge in [0.15, 0.2) is 0 Å². The van der Waals surface area contributed by atoms with Crippen LogP contribution >= 0.6 is 24.8 Å². The number of nitrogens with two attached hydrogens (primary N) is 1. The molecular formula is C7H15Cl2N3. The van der Waals surface area contributed by atoms with Gasteiger partial charge in [-0.2, -0.15) is 0 Å². The van der Waals surface area contributed by atoms with E-state index in [-0.39, 0.29) is 24.8 Å². The van der Waals surface area contributed by atoms with Crippen LogP contribution in [-0.4, -0.2) is 16.5 Å². The minimum atomic E-state index is 0. The highest BCUT2D eigenvalue weighted by Gasteiger charge is 1.91. The second-order valence-corrected chi connectivity index (χ2v) is 2.32. The van der Waals surface area contributed by atoms with Crippen LogP contribution in [-0.2, 0) is 6.42 Å². The van der Waals surface area contributed by atoms with Crippen LogP contribution < -0.4 is 5.73 Å². The molecule has 72 valence electrons. The van der Waals surface area contributed by atoms with Crippen LogP contribution in [0, 0.1) is 0 Å². The Morgan fingerprint density at radius 3 is 2.58 bits per heavy atom. The van der Waals surface area contributed by atoms with Gasteiger partial charge in [0, 0.05) is 11.9 Å². The van der Waals surface area contributed by atoms with Gasteiger partial charge in [-0.15, -0.1) is 24.8 Å².